The number of hydrogen-bond donors (Lipinski definition) is 3. The van der Waals surface area contributed by atoms with Crippen LogP contribution in [-0.4, -0.2) is 11.9 Å². The number of carbonyl (C=O) groups excluding carboxylic acids is 1. The van der Waals surface area contributed by atoms with Gasteiger partial charge in [-0.25, -0.2) is 0 Å². The fourth-order valence-electron chi connectivity index (χ4n) is 2.06. The van der Waals surface area contributed by atoms with Crippen LogP contribution in [0.4, 0.5) is 11.4 Å². The van der Waals surface area contributed by atoms with Crippen LogP contribution in [0.1, 0.15) is 27.0 Å². The number of nitrogen functional groups attached to an aromatic ring is 2. The number of hydrogen-bond acceptors (Lipinski definition) is 4. The molecule has 106 valence electrons. The van der Waals surface area contributed by atoms with Crippen molar-refractivity contribution < 1.29 is 4.79 Å². The lowest BCUT2D eigenvalue weighted by Gasteiger charge is -2.13. The highest BCUT2D eigenvalue weighted by Gasteiger charge is 2.12. The highest BCUT2D eigenvalue weighted by molar-refractivity contribution is 7.11. The maximum atomic E-state index is 12.1. The van der Waals surface area contributed by atoms with Crippen molar-refractivity contribution >= 4 is 28.6 Å². The molecule has 20 heavy (non-hydrogen) atoms. The first-order chi connectivity index (χ1) is 9.44. The molecular formula is C15H19N3OS. The van der Waals surface area contributed by atoms with Crippen LogP contribution in [0.5, 0.6) is 0 Å². The van der Waals surface area contributed by atoms with E-state index in [0.29, 0.717) is 16.9 Å². The highest BCUT2D eigenvalue weighted by atomic mass is 32.1. The van der Waals surface area contributed by atoms with Crippen LogP contribution in [0.25, 0.3) is 0 Å². The second-order valence-corrected chi connectivity index (χ2v) is 6.35. The number of nitrogens with two attached hydrogens (primary N) is 2. The van der Waals surface area contributed by atoms with E-state index in [1.165, 1.54) is 9.75 Å². The average molecular weight is 289 g/mol. The van der Waals surface area contributed by atoms with Crippen LogP contribution in [0.2, 0.25) is 0 Å². The second-order valence-electron chi connectivity index (χ2n) is 4.98. The number of carbonyl (C=O) groups is 1. The Morgan fingerprint density at radius 2 is 1.90 bits per heavy atom. The molecule has 1 aromatic heterocycles. The van der Waals surface area contributed by atoms with E-state index in [0.717, 1.165) is 6.42 Å². The third-order valence-corrected chi connectivity index (χ3v) is 3.94. The predicted octanol–water partition coefficient (Wildman–Crippen LogP) is 2.58. The summed E-state index contributed by atoms with van der Waals surface area (Å²) in [4.78, 5) is 14.7. The highest BCUT2D eigenvalue weighted by Crippen LogP contribution is 2.17. The summed E-state index contributed by atoms with van der Waals surface area (Å²) < 4.78 is 0. The van der Waals surface area contributed by atoms with E-state index in [1.807, 2.05) is 6.92 Å². The minimum Gasteiger partial charge on any atom is -0.399 e. The number of anilines is 2. The van der Waals surface area contributed by atoms with Crippen molar-refractivity contribution in [2.75, 3.05) is 11.5 Å². The van der Waals surface area contributed by atoms with E-state index in [9.17, 15) is 4.79 Å². The van der Waals surface area contributed by atoms with Crippen molar-refractivity contribution in [1.82, 2.24) is 5.32 Å². The van der Waals surface area contributed by atoms with Gasteiger partial charge in [0.25, 0.3) is 5.91 Å². The van der Waals surface area contributed by atoms with Crippen LogP contribution in [0.3, 0.4) is 0 Å². The molecule has 0 saturated heterocycles. The number of benzene rings is 1. The Morgan fingerprint density at radius 1 is 1.25 bits per heavy atom. The van der Waals surface area contributed by atoms with E-state index in [1.54, 1.807) is 29.5 Å². The monoisotopic (exact) mass is 289 g/mol. The van der Waals surface area contributed by atoms with Gasteiger partial charge < -0.3 is 16.8 Å². The Bertz CT molecular complexity index is 601. The molecule has 0 spiro atoms. The summed E-state index contributed by atoms with van der Waals surface area (Å²) in [5, 5.41) is 2.96. The summed E-state index contributed by atoms with van der Waals surface area (Å²) in [5.74, 6) is -0.148. The van der Waals surface area contributed by atoms with E-state index in [-0.39, 0.29) is 11.9 Å². The fourth-order valence-corrected chi connectivity index (χ4v) is 3.08. The minimum absolute atomic E-state index is 0.0585. The summed E-state index contributed by atoms with van der Waals surface area (Å²) in [6.07, 6.45) is 0.821. The topological polar surface area (TPSA) is 81.1 Å². The van der Waals surface area contributed by atoms with E-state index >= 15 is 0 Å². The first-order valence-corrected chi connectivity index (χ1v) is 7.28. The summed E-state index contributed by atoms with van der Waals surface area (Å²) in [6, 6.07) is 9.15. The molecule has 0 bridgehead atoms. The molecule has 1 atom stereocenters. The molecule has 4 nitrogen and oxygen atoms in total. The number of rotatable bonds is 4. The molecule has 0 radical (unpaired) electrons. The Balaban J connectivity index is 2.00. The first-order valence-electron chi connectivity index (χ1n) is 6.46. The largest absolute Gasteiger partial charge is 0.399 e. The predicted molar refractivity (Wildman–Crippen MR) is 85.0 cm³/mol. The third-order valence-electron chi connectivity index (χ3n) is 2.92. The Labute approximate surface area is 122 Å². The maximum absolute atomic E-state index is 12.1. The van der Waals surface area contributed by atoms with Crippen LogP contribution in [0.15, 0.2) is 30.3 Å². The van der Waals surface area contributed by atoms with E-state index in [2.05, 4.69) is 24.4 Å². The van der Waals surface area contributed by atoms with Gasteiger partial charge in [0, 0.05) is 39.2 Å². The van der Waals surface area contributed by atoms with E-state index in [4.69, 9.17) is 11.5 Å². The van der Waals surface area contributed by atoms with Gasteiger partial charge in [-0.1, -0.05) is 0 Å². The second kappa shape index (κ2) is 5.96. The van der Waals surface area contributed by atoms with Crippen LogP contribution >= 0.6 is 11.3 Å². The molecule has 1 aromatic carbocycles. The molecule has 5 N–H and O–H groups in total. The molecule has 2 rings (SSSR count). The molecular weight excluding hydrogens is 270 g/mol. The molecule has 0 saturated carbocycles. The number of amides is 1. The van der Waals surface area contributed by atoms with Gasteiger partial charge in [0.05, 0.1) is 0 Å². The van der Waals surface area contributed by atoms with Crippen LogP contribution < -0.4 is 16.8 Å². The zero-order valence-electron chi connectivity index (χ0n) is 11.6. The normalized spacial score (nSPS) is 12.1. The molecule has 5 heteroatoms. The Hall–Kier alpha value is -2.01. The molecule has 0 aliphatic carbocycles. The van der Waals surface area contributed by atoms with Gasteiger partial charge in [0.15, 0.2) is 0 Å². The van der Waals surface area contributed by atoms with Crippen LogP contribution in [0, 0.1) is 6.92 Å². The molecule has 2 aromatic rings. The van der Waals surface area contributed by atoms with Crippen molar-refractivity contribution in [3.05, 3.63) is 45.6 Å². The summed E-state index contributed by atoms with van der Waals surface area (Å²) >= 11 is 1.75. The lowest BCUT2D eigenvalue weighted by atomic mass is 10.1. The lowest BCUT2D eigenvalue weighted by molar-refractivity contribution is 0.0940. The number of aryl methyl sites for hydroxylation is 1. The summed E-state index contributed by atoms with van der Waals surface area (Å²) in [5.41, 5.74) is 12.9. The quantitative estimate of drug-likeness (QED) is 0.757. The average Bonchev–Trinajstić information content (AvgIpc) is 2.73. The first kappa shape index (κ1) is 14.4. The summed E-state index contributed by atoms with van der Waals surface area (Å²) in [7, 11) is 0. The van der Waals surface area contributed by atoms with Gasteiger partial charge >= 0.3 is 0 Å². The molecule has 1 amide bonds. The number of nitrogens with one attached hydrogen (secondary N) is 1. The molecule has 0 aliphatic heterocycles. The molecule has 1 unspecified atom stereocenters. The lowest BCUT2D eigenvalue weighted by Crippen LogP contribution is -2.34. The van der Waals surface area contributed by atoms with Gasteiger partial charge in [-0.2, -0.15) is 0 Å². The van der Waals surface area contributed by atoms with Crippen molar-refractivity contribution in [2.45, 2.75) is 26.3 Å². The van der Waals surface area contributed by atoms with Crippen LogP contribution in [-0.2, 0) is 6.42 Å². The van der Waals surface area contributed by atoms with E-state index < -0.39 is 0 Å². The zero-order valence-corrected chi connectivity index (χ0v) is 12.5. The molecule has 0 fully saturated rings. The Morgan fingerprint density at radius 3 is 2.45 bits per heavy atom. The Kier molecular flexibility index (Phi) is 4.29. The van der Waals surface area contributed by atoms with Gasteiger partial charge in [0.2, 0.25) is 0 Å². The van der Waals surface area contributed by atoms with Gasteiger partial charge in [-0.3, -0.25) is 4.79 Å². The van der Waals surface area contributed by atoms with Gasteiger partial charge in [-0.15, -0.1) is 11.3 Å². The van der Waals surface area contributed by atoms with Crippen molar-refractivity contribution in [2.24, 2.45) is 0 Å². The zero-order chi connectivity index (χ0) is 14.7. The van der Waals surface area contributed by atoms with Gasteiger partial charge in [-0.05, 0) is 44.2 Å². The SMILES string of the molecule is Cc1ccc(CC(C)NC(=O)c2cc(N)cc(N)c2)s1. The van der Waals surface area contributed by atoms with Crippen molar-refractivity contribution in [3.63, 3.8) is 0 Å². The molecule has 0 aliphatic rings. The van der Waals surface area contributed by atoms with Gasteiger partial charge in [0.1, 0.15) is 0 Å². The van der Waals surface area contributed by atoms with Crippen molar-refractivity contribution in [1.29, 1.82) is 0 Å². The third kappa shape index (κ3) is 3.74. The fraction of sp³-hybridized carbons (Fsp3) is 0.267. The van der Waals surface area contributed by atoms with Crippen molar-refractivity contribution in [3.8, 4) is 0 Å². The molecule has 1 heterocycles. The number of thiophene rings is 1. The smallest absolute Gasteiger partial charge is 0.251 e. The summed E-state index contributed by atoms with van der Waals surface area (Å²) in [6.45, 7) is 4.07. The maximum Gasteiger partial charge on any atom is 0.251 e. The standard InChI is InChI=1S/C15H19N3OS/c1-9(5-14-4-3-10(2)20-14)18-15(19)11-6-12(16)8-13(17)7-11/h3-4,6-9H,5,16-17H2,1-2H3,(H,18,19). The minimum atomic E-state index is -0.148.